The van der Waals surface area contributed by atoms with Gasteiger partial charge < -0.3 is 19.1 Å². The fourth-order valence-corrected chi connectivity index (χ4v) is 4.16. The number of carbonyl (C=O) groups excluding carboxylic acids is 1. The number of thiophene rings is 1. The molecule has 1 unspecified atom stereocenters. The lowest BCUT2D eigenvalue weighted by Crippen LogP contribution is -2.52. The molecule has 8 heteroatoms. The van der Waals surface area contributed by atoms with Gasteiger partial charge in [-0.05, 0) is 23.4 Å². The van der Waals surface area contributed by atoms with Crippen LogP contribution in [0.15, 0.2) is 28.6 Å². The van der Waals surface area contributed by atoms with E-state index in [2.05, 4.69) is 16.4 Å². The fraction of sp³-hybridized carbons (Fsp3) is 0.471. The molecule has 2 aliphatic rings. The predicted molar refractivity (Wildman–Crippen MR) is 94.9 cm³/mol. The van der Waals surface area contributed by atoms with Crippen LogP contribution in [0.5, 0.6) is 0 Å². The van der Waals surface area contributed by atoms with Gasteiger partial charge in [-0.15, -0.1) is 11.3 Å². The highest BCUT2D eigenvalue weighted by Crippen LogP contribution is 2.25. The van der Waals surface area contributed by atoms with Gasteiger partial charge in [0.15, 0.2) is 6.10 Å². The summed E-state index contributed by atoms with van der Waals surface area (Å²) >= 11 is 1.76. The van der Waals surface area contributed by atoms with E-state index in [1.165, 1.54) is 27.4 Å². The molecule has 7 nitrogen and oxygen atoms in total. The van der Waals surface area contributed by atoms with E-state index >= 15 is 0 Å². The molecule has 0 bridgehead atoms. The van der Waals surface area contributed by atoms with Gasteiger partial charge in [0, 0.05) is 37.6 Å². The maximum atomic E-state index is 12.9. The first-order valence-corrected chi connectivity index (χ1v) is 9.23. The summed E-state index contributed by atoms with van der Waals surface area (Å²) in [5.41, 5.74) is 1.13. The molecule has 0 radical (unpaired) electrons. The third kappa shape index (κ3) is 3.19. The summed E-state index contributed by atoms with van der Waals surface area (Å²) in [5, 5.41) is 2.08. The minimum atomic E-state index is -0.514. The Morgan fingerprint density at radius 3 is 3.12 bits per heavy atom. The number of fused-ring (bicyclic) bond motifs is 1. The number of amides is 1. The van der Waals surface area contributed by atoms with E-state index in [-0.39, 0.29) is 11.5 Å². The largest absolute Gasteiger partial charge is 0.365 e. The Morgan fingerprint density at radius 2 is 2.28 bits per heavy atom. The number of aromatic nitrogens is 2. The number of anilines is 1. The second-order valence-electron chi connectivity index (χ2n) is 6.38. The molecule has 25 heavy (non-hydrogen) atoms. The summed E-state index contributed by atoms with van der Waals surface area (Å²) in [6.07, 6.45) is 1.90. The van der Waals surface area contributed by atoms with E-state index in [4.69, 9.17) is 4.74 Å². The maximum Gasteiger partial charge on any atom is 0.255 e. The predicted octanol–water partition coefficient (Wildman–Crippen LogP) is 0.632. The second-order valence-corrected chi connectivity index (χ2v) is 7.38. The van der Waals surface area contributed by atoms with Gasteiger partial charge >= 0.3 is 0 Å². The second kappa shape index (κ2) is 6.61. The van der Waals surface area contributed by atoms with Gasteiger partial charge in [0.1, 0.15) is 5.82 Å². The van der Waals surface area contributed by atoms with Crippen molar-refractivity contribution in [2.75, 3.05) is 31.1 Å². The van der Waals surface area contributed by atoms with Crippen LogP contribution >= 0.6 is 11.3 Å². The number of hydrogen-bond acceptors (Lipinski definition) is 6. The monoisotopic (exact) mass is 360 g/mol. The molecule has 2 aromatic rings. The Bertz CT molecular complexity index is 846. The van der Waals surface area contributed by atoms with Crippen LogP contribution in [0, 0.1) is 0 Å². The van der Waals surface area contributed by atoms with Crippen molar-refractivity contribution < 1.29 is 9.53 Å². The highest BCUT2D eigenvalue weighted by atomic mass is 32.1. The minimum Gasteiger partial charge on any atom is -0.365 e. The third-order valence-corrected chi connectivity index (χ3v) is 5.77. The maximum absolute atomic E-state index is 12.9. The van der Waals surface area contributed by atoms with E-state index < -0.39 is 6.10 Å². The van der Waals surface area contributed by atoms with E-state index in [1.54, 1.807) is 18.4 Å². The van der Waals surface area contributed by atoms with Gasteiger partial charge in [-0.3, -0.25) is 9.59 Å². The van der Waals surface area contributed by atoms with Crippen LogP contribution < -0.4 is 10.5 Å². The summed E-state index contributed by atoms with van der Waals surface area (Å²) in [4.78, 5) is 34.2. The van der Waals surface area contributed by atoms with Crippen LogP contribution in [-0.4, -0.2) is 52.7 Å². The lowest BCUT2D eigenvalue weighted by molar-refractivity contribution is -0.145. The molecule has 2 aliphatic heterocycles. The molecule has 1 saturated heterocycles. The van der Waals surface area contributed by atoms with Crippen molar-refractivity contribution in [3.05, 3.63) is 44.6 Å². The highest BCUT2D eigenvalue weighted by Gasteiger charge is 2.32. The number of aryl methyl sites for hydroxylation is 1. The Labute approximate surface area is 149 Å². The number of nitrogens with zero attached hydrogens (tertiary/aromatic N) is 4. The number of rotatable bonds is 2. The number of hydrogen-bond donors (Lipinski definition) is 0. The molecule has 0 N–H and O–H groups in total. The number of carbonyl (C=O) groups is 1. The van der Waals surface area contributed by atoms with Crippen LogP contribution in [0.25, 0.3) is 0 Å². The standard InChI is InChI=1S/C17H20N4O3S/c1-19-11-18-15(8-16(19)22)20-5-6-24-13(10-20)17(23)21-4-2-14-12(9-21)3-7-25-14/h3,7-8,11,13H,2,4-6,9-10H2,1H3. The summed E-state index contributed by atoms with van der Waals surface area (Å²) in [7, 11) is 1.67. The first-order valence-electron chi connectivity index (χ1n) is 8.35. The van der Waals surface area contributed by atoms with Gasteiger partial charge in [-0.1, -0.05) is 0 Å². The first-order chi connectivity index (χ1) is 12.1. The Kier molecular flexibility index (Phi) is 4.30. The van der Waals surface area contributed by atoms with Gasteiger partial charge in [0.25, 0.3) is 11.5 Å². The van der Waals surface area contributed by atoms with Gasteiger partial charge in [-0.25, -0.2) is 4.98 Å². The molecule has 2 aromatic heterocycles. The molecule has 0 aromatic carbocycles. The average Bonchev–Trinajstić information content (AvgIpc) is 3.11. The average molecular weight is 360 g/mol. The van der Waals surface area contributed by atoms with E-state index in [9.17, 15) is 9.59 Å². The van der Waals surface area contributed by atoms with Gasteiger partial charge in [0.05, 0.1) is 19.5 Å². The summed E-state index contributed by atoms with van der Waals surface area (Å²) in [6.45, 7) is 2.88. The molecule has 132 valence electrons. The Morgan fingerprint density at radius 1 is 1.40 bits per heavy atom. The van der Waals surface area contributed by atoms with Crippen LogP contribution in [0.3, 0.4) is 0 Å². The summed E-state index contributed by atoms with van der Waals surface area (Å²) < 4.78 is 7.16. The van der Waals surface area contributed by atoms with Crippen LogP contribution in [0.2, 0.25) is 0 Å². The van der Waals surface area contributed by atoms with Crippen molar-refractivity contribution >= 4 is 23.1 Å². The zero-order valence-corrected chi connectivity index (χ0v) is 14.9. The molecule has 0 aliphatic carbocycles. The zero-order valence-electron chi connectivity index (χ0n) is 14.1. The van der Waals surface area contributed by atoms with E-state index in [0.29, 0.717) is 32.1 Å². The lowest BCUT2D eigenvalue weighted by atomic mass is 10.1. The smallest absolute Gasteiger partial charge is 0.255 e. The normalized spacial score (nSPS) is 20.4. The molecule has 1 fully saturated rings. The fourth-order valence-electron chi connectivity index (χ4n) is 3.27. The third-order valence-electron chi connectivity index (χ3n) is 4.75. The molecule has 4 rings (SSSR count). The molecule has 0 saturated carbocycles. The Balaban J connectivity index is 1.46. The lowest BCUT2D eigenvalue weighted by Gasteiger charge is -2.36. The van der Waals surface area contributed by atoms with E-state index in [1.807, 2.05) is 9.80 Å². The number of ether oxygens (including phenoxy) is 1. The van der Waals surface area contributed by atoms with Crippen molar-refractivity contribution in [2.45, 2.75) is 19.1 Å². The van der Waals surface area contributed by atoms with Crippen molar-refractivity contribution in [1.82, 2.24) is 14.5 Å². The van der Waals surface area contributed by atoms with E-state index in [0.717, 1.165) is 13.0 Å². The quantitative estimate of drug-likeness (QED) is 0.786. The molecule has 1 amide bonds. The molecule has 0 spiro atoms. The molecular weight excluding hydrogens is 340 g/mol. The van der Waals surface area contributed by atoms with Gasteiger partial charge in [-0.2, -0.15) is 0 Å². The van der Waals surface area contributed by atoms with Crippen LogP contribution in [0.4, 0.5) is 5.82 Å². The first kappa shape index (κ1) is 16.3. The van der Waals surface area contributed by atoms with Crippen molar-refractivity contribution in [1.29, 1.82) is 0 Å². The SMILES string of the molecule is Cn1cnc(N2CCOC(C(=O)N3CCc4sccc4C3)C2)cc1=O. The van der Waals surface area contributed by atoms with Crippen molar-refractivity contribution in [2.24, 2.45) is 7.05 Å². The van der Waals surface area contributed by atoms with Gasteiger partial charge in [0.2, 0.25) is 0 Å². The zero-order chi connectivity index (χ0) is 17.4. The molecule has 4 heterocycles. The molecular formula is C17H20N4O3S. The summed E-state index contributed by atoms with van der Waals surface area (Å²) in [5.74, 6) is 0.619. The van der Waals surface area contributed by atoms with Crippen LogP contribution in [-0.2, 0) is 29.5 Å². The minimum absolute atomic E-state index is 0.0189. The number of morpholine rings is 1. The van der Waals surface area contributed by atoms with Crippen LogP contribution in [0.1, 0.15) is 10.4 Å². The topological polar surface area (TPSA) is 67.7 Å². The molecule has 1 atom stereocenters. The van der Waals surface area contributed by atoms with Crippen molar-refractivity contribution in [3.8, 4) is 0 Å². The Hall–Kier alpha value is -2.19. The van der Waals surface area contributed by atoms with Crippen molar-refractivity contribution in [3.63, 3.8) is 0 Å². The highest BCUT2D eigenvalue weighted by molar-refractivity contribution is 7.10. The summed E-state index contributed by atoms with van der Waals surface area (Å²) in [6, 6.07) is 3.60.